The van der Waals surface area contributed by atoms with Crippen molar-refractivity contribution in [2.45, 2.75) is 27.7 Å². The summed E-state index contributed by atoms with van der Waals surface area (Å²) in [5.41, 5.74) is 19.4. The Hall–Kier alpha value is -9.29. The highest BCUT2D eigenvalue weighted by Gasteiger charge is 2.26. The molecular weight excluding hydrogens is 868 g/mol. The van der Waals surface area contributed by atoms with Gasteiger partial charge in [-0.05, 0) is 127 Å². The maximum Gasteiger partial charge on any atom is 0.132 e. The molecule has 2 heterocycles. The van der Waals surface area contributed by atoms with E-state index in [2.05, 4.69) is 219 Å². The molecule has 336 valence electrons. The molecule has 4 nitrogen and oxygen atoms in total. The first kappa shape index (κ1) is 43.0. The largest absolute Gasteiger partial charge is 0.308 e. The lowest BCUT2D eigenvalue weighted by molar-refractivity contribution is 0.630. The summed E-state index contributed by atoms with van der Waals surface area (Å²) in [6, 6.07) is 73.5. The van der Waals surface area contributed by atoms with Crippen LogP contribution in [0.15, 0.2) is 200 Å². The molecule has 2 aromatic heterocycles. The number of fused-ring (bicyclic) bond motifs is 6. The van der Waals surface area contributed by atoms with Crippen molar-refractivity contribution in [3.05, 3.63) is 239 Å². The standard InChI is InChI=1S/C66H45FN4/c1-40-9-5-13-46(27-40)50-18-23-54-55-24-19-51(47-14-6-10-41(2)28-47)35-61(55)70(60(54)34-50)64-32-45(39-69)33-65(66(64)58-22-17-44(38-68)31-59(58)67)71-62-36-52(48-15-7-11-42(3)29-48)20-25-56(62)57-26-21-53(37-63(57)71)49-16-8-12-43(4)30-49/h5-37H,1-4H3. The van der Waals surface area contributed by atoms with Crippen molar-refractivity contribution in [1.29, 1.82) is 10.5 Å². The van der Waals surface area contributed by atoms with Crippen LogP contribution in [0.4, 0.5) is 4.39 Å². The van der Waals surface area contributed by atoms with Crippen molar-refractivity contribution in [2.24, 2.45) is 0 Å². The molecule has 0 unspecified atom stereocenters. The second kappa shape index (κ2) is 17.0. The molecule has 0 aliphatic heterocycles. The van der Waals surface area contributed by atoms with Crippen LogP contribution in [0.1, 0.15) is 33.4 Å². The Bertz CT molecular complexity index is 3830. The number of halogens is 1. The van der Waals surface area contributed by atoms with Crippen LogP contribution in [-0.4, -0.2) is 9.13 Å². The van der Waals surface area contributed by atoms with E-state index in [1.54, 1.807) is 12.1 Å². The Labute approximate surface area is 412 Å². The Morgan fingerprint density at radius 1 is 0.338 bits per heavy atom. The average Bonchev–Trinajstić information content (AvgIpc) is 3.89. The summed E-state index contributed by atoms with van der Waals surface area (Å²) in [5, 5.41) is 25.4. The van der Waals surface area contributed by atoms with Gasteiger partial charge >= 0.3 is 0 Å². The minimum atomic E-state index is -0.542. The third-order valence-electron chi connectivity index (χ3n) is 14.0. The summed E-state index contributed by atoms with van der Waals surface area (Å²) in [7, 11) is 0. The van der Waals surface area contributed by atoms with E-state index >= 15 is 4.39 Å². The molecule has 10 aromatic carbocycles. The highest BCUT2D eigenvalue weighted by atomic mass is 19.1. The van der Waals surface area contributed by atoms with Crippen LogP contribution in [0, 0.1) is 56.2 Å². The van der Waals surface area contributed by atoms with Crippen LogP contribution < -0.4 is 0 Å². The normalized spacial score (nSPS) is 11.4. The maximum atomic E-state index is 17.5. The van der Waals surface area contributed by atoms with E-state index in [4.69, 9.17) is 0 Å². The predicted octanol–water partition coefficient (Wildman–Crippen LogP) is 17.3. The summed E-state index contributed by atoms with van der Waals surface area (Å²) in [6.07, 6.45) is 0. The molecule has 0 aliphatic rings. The highest BCUT2D eigenvalue weighted by molar-refractivity contribution is 6.14. The zero-order valence-electron chi connectivity index (χ0n) is 39.7. The fraction of sp³-hybridized carbons (Fsp3) is 0.0606. The molecule has 0 saturated heterocycles. The third-order valence-corrected chi connectivity index (χ3v) is 14.0. The van der Waals surface area contributed by atoms with Crippen molar-refractivity contribution in [3.63, 3.8) is 0 Å². The summed E-state index contributed by atoms with van der Waals surface area (Å²) in [4.78, 5) is 0. The van der Waals surface area contributed by atoms with Crippen molar-refractivity contribution in [1.82, 2.24) is 9.13 Å². The Morgan fingerprint density at radius 2 is 0.662 bits per heavy atom. The molecule has 0 spiro atoms. The van der Waals surface area contributed by atoms with Gasteiger partial charge in [0.25, 0.3) is 0 Å². The second-order valence-corrected chi connectivity index (χ2v) is 18.9. The number of hydrogen-bond donors (Lipinski definition) is 0. The van der Waals surface area contributed by atoms with Crippen LogP contribution in [0.5, 0.6) is 0 Å². The fourth-order valence-corrected chi connectivity index (χ4v) is 10.7. The van der Waals surface area contributed by atoms with E-state index < -0.39 is 5.82 Å². The number of aryl methyl sites for hydroxylation is 4. The molecule has 71 heavy (non-hydrogen) atoms. The van der Waals surface area contributed by atoms with E-state index in [9.17, 15) is 10.5 Å². The van der Waals surface area contributed by atoms with E-state index in [1.807, 2.05) is 12.1 Å². The number of hydrogen-bond acceptors (Lipinski definition) is 2. The Morgan fingerprint density at radius 3 is 0.958 bits per heavy atom. The molecule has 12 rings (SSSR count). The van der Waals surface area contributed by atoms with Gasteiger partial charge in [0.15, 0.2) is 0 Å². The lowest BCUT2D eigenvalue weighted by Gasteiger charge is -2.22. The first-order valence-electron chi connectivity index (χ1n) is 23.9. The molecule has 0 saturated carbocycles. The third kappa shape index (κ3) is 7.44. The topological polar surface area (TPSA) is 57.4 Å². The molecule has 0 aliphatic carbocycles. The first-order chi connectivity index (χ1) is 34.6. The van der Waals surface area contributed by atoms with Gasteiger partial charge in [0.1, 0.15) is 5.82 Å². The molecule has 5 heteroatoms. The molecule has 0 atom stereocenters. The van der Waals surface area contributed by atoms with Crippen molar-refractivity contribution in [2.75, 3.05) is 0 Å². The van der Waals surface area contributed by atoms with Crippen molar-refractivity contribution < 1.29 is 4.39 Å². The number of nitrogens with zero attached hydrogens (tertiary/aromatic N) is 4. The van der Waals surface area contributed by atoms with Crippen LogP contribution in [0.2, 0.25) is 0 Å². The molecule has 0 radical (unpaired) electrons. The van der Waals surface area contributed by atoms with E-state index in [-0.39, 0.29) is 5.56 Å². The molecule has 0 fully saturated rings. The van der Waals surface area contributed by atoms with Gasteiger partial charge in [0.05, 0.1) is 56.7 Å². The van der Waals surface area contributed by atoms with E-state index in [0.29, 0.717) is 28.1 Å². The number of nitriles is 2. The van der Waals surface area contributed by atoms with Crippen LogP contribution >= 0.6 is 0 Å². The zero-order chi connectivity index (χ0) is 48.5. The lowest BCUT2D eigenvalue weighted by atomic mass is 9.96. The van der Waals surface area contributed by atoms with Crippen LogP contribution in [-0.2, 0) is 0 Å². The van der Waals surface area contributed by atoms with Gasteiger partial charge in [0.2, 0.25) is 0 Å². The molecule has 0 amide bonds. The summed E-state index contributed by atoms with van der Waals surface area (Å²) < 4.78 is 21.9. The Kier molecular flexibility index (Phi) is 10.3. The van der Waals surface area contributed by atoms with E-state index in [1.165, 1.54) is 6.07 Å². The summed E-state index contributed by atoms with van der Waals surface area (Å²) >= 11 is 0. The van der Waals surface area contributed by atoms with Gasteiger partial charge in [-0.2, -0.15) is 10.5 Å². The molecule has 12 aromatic rings. The van der Waals surface area contributed by atoms with Crippen molar-refractivity contribution in [3.8, 4) is 79.1 Å². The molecular formula is C66H45FN4. The minimum absolute atomic E-state index is 0.216. The molecule has 0 bridgehead atoms. The molecule has 0 N–H and O–H groups in total. The number of rotatable bonds is 7. The van der Waals surface area contributed by atoms with Crippen molar-refractivity contribution >= 4 is 43.6 Å². The smallest absolute Gasteiger partial charge is 0.132 e. The highest BCUT2D eigenvalue weighted by Crippen LogP contribution is 2.46. The zero-order valence-corrected chi connectivity index (χ0v) is 39.7. The summed E-state index contributed by atoms with van der Waals surface area (Å²) in [5.74, 6) is -0.542. The van der Waals surface area contributed by atoms with Gasteiger partial charge in [0, 0.05) is 32.7 Å². The number of benzene rings is 10. The average molecular weight is 913 g/mol. The van der Waals surface area contributed by atoms with Gasteiger partial charge in [-0.1, -0.05) is 168 Å². The van der Waals surface area contributed by atoms with Gasteiger partial charge in [-0.25, -0.2) is 4.39 Å². The second-order valence-electron chi connectivity index (χ2n) is 18.9. The first-order valence-corrected chi connectivity index (χ1v) is 23.9. The Balaban J connectivity index is 1.26. The number of aromatic nitrogens is 2. The van der Waals surface area contributed by atoms with E-state index in [0.717, 1.165) is 110 Å². The lowest BCUT2D eigenvalue weighted by Crippen LogP contribution is -2.06. The summed E-state index contributed by atoms with van der Waals surface area (Å²) in [6.45, 7) is 8.39. The van der Waals surface area contributed by atoms with Gasteiger partial charge in [-0.3, -0.25) is 0 Å². The maximum absolute atomic E-state index is 17.5. The van der Waals surface area contributed by atoms with Gasteiger partial charge < -0.3 is 9.13 Å². The van der Waals surface area contributed by atoms with Crippen LogP contribution in [0.3, 0.4) is 0 Å². The fourth-order valence-electron chi connectivity index (χ4n) is 10.7. The SMILES string of the molecule is Cc1cccc(-c2ccc3c4ccc(-c5cccc(C)c5)cc4n(-c4cc(C#N)cc(-n5c6cc(-c7cccc(C)c7)ccc6c6ccc(-c7cccc(C)c7)cc65)c4-c4ccc(C#N)cc4F)c3c2)c1. The minimum Gasteiger partial charge on any atom is -0.308 e. The van der Waals surface area contributed by atoms with Crippen LogP contribution in [0.25, 0.3) is 111 Å². The predicted molar refractivity (Wildman–Crippen MR) is 291 cm³/mol. The quantitative estimate of drug-likeness (QED) is 0.160. The monoisotopic (exact) mass is 912 g/mol. The van der Waals surface area contributed by atoms with Gasteiger partial charge in [-0.15, -0.1) is 0 Å².